The van der Waals surface area contributed by atoms with E-state index in [4.69, 9.17) is 4.74 Å². The number of aryl methyl sites for hydroxylation is 1. The maximum Gasteiger partial charge on any atom is 0.120 e. The van der Waals surface area contributed by atoms with E-state index in [1.165, 1.54) is 10.9 Å². The Hall–Kier alpha value is -2.37. The quantitative estimate of drug-likeness (QED) is 0.751. The Bertz CT molecular complexity index is 855. The number of fused-ring (bicyclic) bond motifs is 1. The standard InChI is InChI=1S/C20H23N3O2/c1-15-9-21-23(10-15)18-11-22(12-18)13-19(24)14-25-20-7-6-16-4-2-3-5-17(16)8-20/h2-10,18-19,24H,11-14H2,1H3/t19-/m1/s1. The van der Waals surface area contributed by atoms with Crippen LogP contribution in [0.4, 0.5) is 0 Å². The number of aliphatic hydroxyl groups is 1. The van der Waals surface area contributed by atoms with Crippen molar-refractivity contribution in [2.24, 2.45) is 0 Å². The van der Waals surface area contributed by atoms with Crippen molar-refractivity contribution in [2.45, 2.75) is 19.1 Å². The highest BCUT2D eigenvalue weighted by Crippen LogP contribution is 2.22. The van der Waals surface area contributed by atoms with Gasteiger partial charge in [0.1, 0.15) is 18.5 Å². The first kappa shape index (κ1) is 16.1. The fraction of sp³-hybridized carbons (Fsp3) is 0.350. The monoisotopic (exact) mass is 337 g/mol. The SMILES string of the molecule is Cc1cnn(C2CN(C[C@@H](O)COc3ccc4ccccc4c3)C2)c1. The van der Waals surface area contributed by atoms with Gasteiger partial charge in [0.15, 0.2) is 0 Å². The molecular formula is C20H23N3O2. The second-order valence-electron chi connectivity index (χ2n) is 6.84. The first-order valence-electron chi connectivity index (χ1n) is 8.70. The zero-order valence-corrected chi connectivity index (χ0v) is 14.4. The van der Waals surface area contributed by atoms with Crippen LogP contribution in [0.15, 0.2) is 54.9 Å². The van der Waals surface area contributed by atoms with E-state index < -0.39 is 6.10 Å². The van der Waals surface area contributed by atoms with Crippen LogP contribution >= 0.6 is 0 Å². The molecule has 1 fully saturated rings. The summed E-state index contributed by atoms with van der Waals surface area (Å²) in [4.78, 5) is 2.23. The van der Waals surface area contributed by atoms with Gasteiger partial charge in [-0.25, -0.2) is 0 Å². The molecule has 1 N–H and O–H groups in total. The highest BCUT2D eigenvalue weighted by Gasteiger charge is 2.29. The summed E-state index contributed by atoms with van der Waals surface area (Å²) >= 11 is 0. The van der Waals surface area contributed by atoms with Crippen molar-refractivity contribution in [2.75, 3.05) is 26.2 Å². The summed E-state index contributed by atoms with van der Waals surface area (Å²) in [6, 6.07) is 14.6. The van der Waals surface area contributed by atoms with Crippen LogP contribution in [0.2, 0.25) is 0 Å². The molecule has 4 rings (SSSR count). The van der Waals surface area contributed by atoms with Crippen molar-refractivity contribution < 1.29 is 9.84 Å². The zero-order valence-electron chi connectivity index (χ0n) is 14.4. The van der Waals surface area contributed by atoms with E-state index >= 15 is 0 Å². The van der Waals surface area contributed by atoms with Gasteiger partial charge in [0.05, 0.1) is 12.2 Å². The second-order valence-corrected chi connectivity index (χ2v) is 6.84. The van der Waals surface area contributed by atoms with Crippen LogP contribution in [0.5, 0.6) is 5.75 Å². The molecule has 0 unspecified atom stereocenters. The lowest BCUT2D eigenvalue weighted by molar-refractivity contribution is 0.0205. The molecule has 0 spiro atoms. The number of β-amino-alcohol motifs (C(OH)–C–C–N with tert-alkyl or cyclic N) is 1. The third kappa shape index (κ3) is 3.67. The molecule has 0 saturated carbocycles. The molecule has 0 bridgehead atoms. The molecule has 1 aromatic heterocycles. The molecule has 1 aliphatic heterocycles. The van der Waals surface area contributed by atoms with E-state index in [1.54, 1.807) is 0 Å². The van der Waals surface area contributed by atoms with Gasteiger partial charge in [-0.1, -0.05) is 30.3 Å². The van der Waals surface area contributed by atoms with Gasteiger partial charge in [-0.2, -0.15) is 5.10 Å². The first-order chi connectivity index (χ1) is 12.2. The number of likely N-dealkylation sites (tertiary alicyclic amines) is 1. The second kappa shape index (κ2) is 6.86. The predicted molar refractivity (Wildman–Crippen MR) is 97.9 cm³/mol. The van der Waals surface area contributed by atoms with Crippen LogP contribution in [0, 0.1) is 6.92 Å². The molecule has 5 nitrogen and oxygen atoms in total. The summed E-state index contributed by atoms with van der Waals surface area (Å²) in [7, 11) is 0. The summed E-state index contributed by atoms with van der Waals surface area (Å²) in [5, 5.41) is 16.9. The fourth-order valence-electron chi connectivity index (χ4n) is 3.29. The molecule has 5 heteroatoms. The average Bonchev–Trinajstić information content (AvgIpc) is 3.01. The van der Waals surface area contributed by atoms with Gasteiger partial charge in [0, 0.05) is 25.8 Å². The Kier molecular flexibility index (Phi) is 4.42. The van der Waals surface area contributed by atoms with E-state index in [1.807, 2.05) is 48.1 Å². The fourth-order valence-corrected chi connectivity index (χ4v) is 3.29. The molecule has 2 heterocycles. The Morgan fingerprint density at radius 1 is 1.20 bits per heavy atom. The van der Waals surface area contributed by atoms with E-state index in [0.29, 0.717) is 19.2 Å². The van der Waals surface area contributed by atoms with Crippen LogP contribution in [-0.2, 0) is 0 Å². The third-order valence-corrected chi connectivity index (χ3v) is 4.67. The average molecular weight is 337 g/mol. The molecule has 0 radical (unpaired) electrons. The van der Waals surface area contributed by atoms with E-state index in [-0.39, 0.29) is 0 Å². The van der Waals surface area contributed by atoms with Crippen molar-refractivity contribution in [1.82, 2.24) is 14.7 Å². The Morgan fingerprint density at radius 3 is 2.76 bits per heavy atom. The summed E-state index contributed by atoms with van der Waals surface area (Å²) in [6.45, 7) is 4.83. The third-order valence-electron chi connectivity index (χ3n) is 4.67. The number of benzene rings is 2. The summed E-state index contributed by atoms with van der Waals surface area (Å²) in [6.07, 6.45) is 3.46. The van der Waals surface area contributed by atoms with Crippen LogP contribution in [0.25, 0.3) is 10.8 Å². The largest absolute Gasteiger partial charge is 0.491 e. The van der Waals surface area contributed by atoms with Crippen LogP contribution in [0.1, 0.15) is 11.6 Å². The topological polar surface area (TPSA) is 50.5 Å². The Labute approximate surface area is 147 Å². The van der Waals surface area contributed by atoms with Gasteiger partial charge in [0.2, 0.25) is 0 Å². The van der Waals surface area contributed by atoms with Crippen LogP contribution in [0.3, 0.4) is 0 Å². The van der Waals surface area contributed by atoms with Gasteiger partial charge < -0.3 is 9.84 Å². The highest BCUT2D eigenvalue weighted by atomic mass is 16.5. The molecule has 25 heavy (non-hydrogen) atoms. The van der Waals surface area contributed by atoms with Crippen molar-refractivity contribution in [1.29, 1.82) is 0 Å². The molecule has 0 amide bonds. The molecule has 1 atom stereocenters. The van der Waals surface area contributed by atoms with E-state index in [9.17, 15) is 5.11 Å². The van der Waals surface area contributed by atoms with Gasteiger partial charge in [-0.05, 0) is 35.4 Å². The summed E-state index contributed by atoms with van der Waals surface area (Å²) < 4.78 is 7.78. The minimum atomic E-state index is -0.494. The van der Waals surface area contributed by atoms with Crippen molar-refractivity contribution >= 4 is 10.8 Å². The summed E-state index contributed by atoms with van der Waals surface area (Å²) in [5.74, 6) is 0.797. The minimum Gasteiger partial charge on any atom is -0.491 e. The first-order valence-corrected chi connectivity index (χ1v) is 8.70. The Morgan fingerprint density at radius 2 is 2.00 bits per heavy atom. The molecule has 2 aromatic carbocycles. The van der Waals surface area contributed by atoms with Gasteiger partial charge in [-0.3, -0.25) is 9.58 Å². The van der Waals surface area contributed by atoms with Crippen molar-refractivity contribution in [3.63, 3.8) is 0 Å². The number of hydrogen-bond acceptors (Lipinski definition) is 4. The molecule has 1 saturated heterocycles. The highest BCUT2D eigenvalue weighted by molar-refractivity contribution is 5.83. The van der Waals surface area contributed by atoms with Gasteiger partial charge in [0.25, 0.3) is 0 Å². The lowest BCUT2D eigenvalue weighted by Gasteiger charge is -2.40. The van der Waals surface area contributed by atoms with E-state index in [2.05, 4.69) is 28.3 Å². The lowest BCUT2D eigenvalue weighted by Crippen LogP contribution is -2.51. The van der Waals surface area contributed by atoms with Gasteiger partial charge >= 0.3 is 0 Å². The maximum absolute atomic E-state index is 10.2. The number of hydrogen-bond donors (Lipinski definition) is 1. The van der Waals surface area contributed by atoms with Crippen LogP contribution < -0.4 is 4.74 Å². The number of aromatic nitrogens is 2. The van der Waals surface area contributed by atoms with E-state index in [0.717, 1.165) is 24.2 Å². The zero-order chi connectivity index (χ0) is 17.2. The molecule has 3 aromatic rings. The smallest absolute Gasteiger partial charge is 0.120 e. The molecule has 130 valence electrons. The minimum absolute atomic E-state index is 0.306. The lowest BCUT2D eigenvalue weighted by atomic mass is 10.1. The summed E-state index contributed by atoms with van der Waals surface area (Å²) in [5.41, 5.74) is 1.18. The normalized spacial score (nSPS) is 16.7. The molecule has 1 aliphatic rings. The molecular weight excluding hydrogens is 314 g/mol. The number of nitrogens with zero attached hydrogens (tertiary/aromatic N) is 3. The Balaban J connectivity index is 1.24. The number of ether oxygens (including phenoxy) is 1. The molecule has 0 aliphatic carbocycles. The maximum atomic E-state index is 10.2. The van der Waals surface area contributed by atoms with Crippen molar-refractivity contribution in [3.8, 4) is 5.75 Å². The van der Waals surface area contributed by atoms with Crippen molar-refractivity contribution in [3.05, 3.63) is 60.4 Å². The number of aliphatic hydroxyl groups excluding tert-OH is 1. The van der Waals surface area contributed by atoms with Gasteiger partial charge in [-0.15, -0.1) is 0 Å². The van der Waals surface area contributed by atoms with Crippen LogP contribution in [-0.4, -0.2) is 52.1 Å². The predicted octanol–water partition coefficient (Wildman–Crippen LogP) is 2.64. The number of rotatable bonds is 6.